The van der Waals surface area contributed by atoms with Crippen molar-refractivity contribution in [3.8, 4) is 0 Å². The summed E-state index contributed by atoms with van der Waals surface area (Å²) in [5.41, 5.74) is 5.91. The number of aliphatic carboxylic acids is 1. The fourth-order valence-corrected chi connectivity index (χ4v) is 0.918. The average Bonchev–Trinajstić information content (AvgIpc) is 2.46. The van der Waals surface area contributed by atoms with E-state index < -0.39 is 12.0 Å². The van der Waals surface area contributed by atoms with Crippen LogP contribution in [0.2, 0.25) is 0 Å². The van der Waals surface area contributed by atoms with Crippen LogP contribution in [0.25, 0.3) is 0 Å². The van der Waals surface area contributed by atoms with Gasteiger partial charge >= 0.3 is 5.97 Å². The molecule has 1 atom stereocenters. The van der Waals surface area contributed by atoms with Crippen molar-refractivity contribution >= 4 is 11.7 Å². The summed E-state index contributed by atoms with van der Waals surface area (Å²) in [7, 11) is 1.75. The second kappa shape index (κ2) is 3.90. The van der Waals surface area contributed by atoms with Gasteiger partial charge in [0.05, 0.1) is 11.9 Å². The van der Waals surface area contributed by atoms with Gasteiger partial charge in [0.2, 0.25) is 0 Å². The second-order valence-corrected chi connectivity index (χ2v) is 2.67. The van der Waals surface area contributed by atoms with Crippen molar-refractivity contribution in [2.75, 3.05) is 11.9 Å². The van der Waals surface area contributed by atoms with Gasteiger partial charge in [-0.15, -0.1) is 0 Å². The summed E-state index contributed by atoms with van der Waals surface area (Å²) in [6.07, 6.45) is 3.23. The van der Waals surface area contributed by atoms with Crippen LogP contribution in [-0.2, 0) is 11.8 Å². The van der Waals surface area contributed by atoms with Crippen LogP contribution < -0.4 is 11.1 Å². The van der Waals surface area contributed by atoms with Crippen LogP contribution in [0, 0.1) is 0 Å². The molecular weight excluding hydrogens is 172 g/mol. The predicted molar refractivity (Wildman–Crippen MR) is 47.3 cm³/mol. The van der Waals surface area contributed by atoms with Crippen LogP contribution >= 0.6 is 0 Å². The molecule has 0 spiro atoms. The van der Waals surface area contributed by atoms with Crippen molar-refractivity contribution in [2.45, 2.75) is 6.04 Å². The van der Waals surface area contributed by atoms with E-state index in [1.54, 1.807) is 24.1 Å². The SMILES string of the molecule is Cn1cc(NC(CN)C(=O)O)cn1. The molecule has 1 heterocycles. The van der Waals surface area contributed by atoms with Crippen molar-refractivity contribution in [1.82, 2.24) is 9.78 Å². The minimum absolute atomic E-state index is 0.0459. The Kier molecular flexibility index (Phi) is 2.86. The van der Waals surface area contributed by atoms with E-state index in [0.717, 1.165) is 0 Å². The Balaban J connectivity index is 2.61. The maximum atomic E-state index is 10.6. The highest BCUT2D eigenvalue weighted by molar-refractivity contribution is 5.77. The summed E-state index contributed by atoms with van der Waals surface area (Å²) in [6.45, 7) is 0.0459. The number of hydrogen-bond donors (Lipinski definition) is 3. The first-order valence-corrected chi connectivity index (χ1v) is 3.81. The number of aromatic nitrogens is 2. The first-order valence-electron chi connectivity index (χ1n) is 3.81. The quantitative estimate of drug-likeness (QED) is 0.572. The average molecular weight is 184 g/mol. The van der Waals surface area contributed by atoms with Crippen molar-refractivity contribution in [2.24, 2.45) is 12.8 Å². The first-order chi connectivity index (χ1) is 6.13. The number of carboxylic acid groups (broad SMARTS) is 1. The van der Waals surface area contributed by atoms with Crippen molar-refractivity contribution < 1.29 is 9.90 Å². The molecule has 0 aromatic carbocycles. The Morgan fingerprint density at radius 3 is 3.00 bits per heavy atom. The highest BCUT2D eigenvalue weighted by Crippen LogP contribution is 2.04. The highest BCUT2D eigenvalue weighted by Gasteiger charge is 2.14. The Labute approximate surface area is 75.3 Å². The smallest absolute Gasteiger partial charge is 0.327 e. The Morgan fingerprint density at radius 2 is 2.62 bits per heavy atom. The summed E-state index contributed by atoms with van der Waals surface area (Å²) >= 11 is 0. The van der Waals surface area contributed by atoms with E-state index in [-0.39, 0.29) is 6.54 Å². The molecule has 6 nitrogen and oxygen atoms in total. The van der Waals surface area contributed by atoms with E-state index >= 15 is 0 Å². The van der Waals surface area contributed by atoms with Gasteiger partial charge in [-0.2, -0.15) is 5.10 Å². The molecule has 0 aliphatic heterocycles. The molecule has 13 heavy (non-hydrogen) atoms. The molecule has 0 fully saturated rings. The van der Waals surface area contributed by atoms with Gasteiger partial charge in [-0.25, -0.2) is 4.79 Å². The predicted octanol–water partition coefficient (Wildman–Crippen LogP) is -0.756. The number of nitrogens with two attached hydrogens (primary N) is 1. The number of nitrogens with one attached hydrogen (secondary N) is 1. The number of carbonyl (C=O) groups is 1. The molecule has 1 rings (SSSR count). The molecule has 0 radical (unpaired) electrons. The van der Waals surface area contributed by atoms with E-state index in [1.807, 2.05) is 0 Å². The number of rotatable bonds is 4. The molecule has 72 valence electrons. The number of nitrogens with zero attached hydrogens (tertiary/aromatic N) is 2. The largest absolute Gasteiger partial charge is 0.480 e. The minimum atomic E-state index is -0.966. The highest BCUT2D eigenvalue weighted by atomic mass is 16.4. The zero-order chi connectivity index (χ0) is 9.84. The van der Waals surface area contributed by atoms with E-state index in [9.17, 15) is 4.79 Å². The fourth-order valence-electron chi connectivity index (χ4n) is 0.918. The monoisotopic (exact) mass is 184 g/mol. The summed E-state index contributed by atoms with van der Waals surface area (Å²) in [5, 5.41) is 15.3. The standard InChI is InChI=1S/C7H12N4O2/c1-11-4-5(3-9-11)10-6(2-8)7(12)13/h3-4,6,10H,2,8H2,1H3,(H,12,13). The molecular formula is C7H12N4O2. The van der Waals surface area contributed by atoms with E-state index in [2.05, 4.69) is 10.4 Å². The molecule has 1 aromatic rings. The first kappa shape index (κ1) is 9.53. The van der Waals surface area contributed by atoms with Crippen LogP contribution in [0.4, 0.5) is 5.69 Å². The maximum Gasteiger partial charge on any atom is 0.327 e. The van der Waals surface area contributed by atoms with Gasteiger partial charge in [-0.3, -0.25) is 4.68 Å². The number of hydrogen-bond acceptors (Lipinski definition) is 4. The van der Waals surface area contributed by atoms with E-state index in [1.165, 1.54) is 0 Å². The molecule has 0 bridgehead atoms. The summed E-state index contributed by atoms with van der Waals surface area (Å²) in [5.74, 6) is -0.966. The molecule has 0 aliphatic carbocycles. The molecule has 0 amide bonds. The van der Waals surface area contributed by atoms with Gasteiger partial charge in [0.25, 0.3) is 0 Å². The van der Waals surface area contributed by atoms with Gasteiger partial charge in [-0.1, -0.05) is 0 Å². The summed E-state index contributed by atoms with van der Waals surface area (Å²) in [4.78, 5) is 10.6. The van der Waals surface area contributed by atoms with Crippen molar-refractivity contribution in [3.05, 3.63) is 12.4 Å². The third kappa shape index (κ3) is 2.45. The third-order valence-electron chi connectivity index (χ3n) is 1.58. The van der Waals surface area contributed by atoms with Gasteiger partial charge in [-0.05, 0) is 0 Å². The van der Waals surface area contributed by atoms with E-state index in [0.29, 0.717) is 5.69 Å². The normalized spacial score (nSPS) is 12.5. The van der Waals surface area contributed by atoms with Crippen LogP contribution in [0.1, 0.15) is 0 Å². The molecule has 6 heteroatoms. The van der Waals surface area contributed by atoms with Crippen LogP contribution in [0.15, 0.2) is 12.4 Å². The van der Waals surface area contributed by atoms with Crippen LogP contribution in [-0.4, -0.2) is 33.4 Å². The van der Waals surface area contributed by atoms with Gasteiger partial charge < -0.3 is 16.2 Å². The molecule has 0 aliphatic rings. The zero-order valence-corrected chi connectivity index (χ0v) is 7.27. The van der Waals surface area contributed by atoms with Crippen LogP contribution in [0.3, 0.4) is 0 Å². The number of anilines is 1. The third-order valence-corrected chi connectivity index (χ3v) is 1.58. The molecule has 0 saturated heterocycles. The van der Waals surface area contributed by atoms with Gasteiger partial charge in [0, 0.05) is 19.8 Å². The minimum Gasteiger partial charge on any atom is -0.480 e. The summed E-state index contributed by atoms with van der Waals surface area (Å²) < 4.78 is 1.58. The van der Waals surface area contributed by atoms with Crippen LogP contribution in [0.5, 0.6) is 0 Å². The maximum absolute atomic E-state index is 10.6. The molecule has 1 unspecified atom stereocenters. The topological polar surface area (TPSA) is 93.2 Å². The lowest BCUT2D eigenvalue weighted by Gasteiger charge is -2.10. The van der Waals surface area contributed by atoms with E-state index in [4.69, 9.17) is 10.8 Å². The Bertz CT molecular complexity index is 296. The fraction of sp³-hybridized carbons (Fsp3) is 0.429. The lowest BCUT2D eigenvalue weighted by Crippen LogP contribution is -2.36. The van der Waals surface area contributed by atoms with Crippen molar-refractivity contribution in [3.63, 3.8) is 0 Å². The van der Waals surface area contributed by atoms with Gasteiger partial charge in [0.15, 0.2) is 0 Å². The lowest BCUT2D eigenvalue weighted by molar-refractivity contribution is -0.137. The summed E-state index contributed by atoms with van der Waals surface area (Å²) in [6, 6.07) is -0.760. The molecule has 0 saturated carbocycles. The number of carboxylic acids is 1. The Hall–Kier alpha value is -1.56. The molecule has 1 aromatic heterocycles. The Morgan fingerprint density at radius 1 is 1.92 bits per heavy atom. The molecule has 4 N–H and O–H groups in total. The van der Waals surface area contributed by atoms with Crippen molar-refractivity contribution in [1.29, 1.82) is 0 Å². The lowest BCUT2D eigenvalue weighted by atomic mass is 10.3. The second-order valence-electron chi connectivity index (χ2n) is 2.67. The number of aryl methyl sites for hydroxylation is 1. The zero-order valence-electron chi connectivity index (χ0n) is 7.27. The van der Waals surface area contributed by atoms with Gasteiger partial charge in [0.1, 0.15) is 6.04 Å².